The molecule has 158 valence electrons. The topological polar surface area (TPSA) is 71.6 Å². The number of oxazole rings is 1. The summed E-state index contributed by atoms with van der Waals surface area (Å²) in [6, 6.07) is 17.3. The molecule has 0 aliphatic carbocycles. The molecule has 3 heterocycles. The van der Waals surface area contributed by atoms with Gasteiger partial charge in [0.15, 0.2) is 5.58 Å². The van der Waals surface area contributed by atoms with Crippen LogP contribution in [0.25, 0.3) is 22.4 Å². The van der Waals surface area contributed by atoms with Crippen LogP contribution >= 0.6 is 11.3 Å². The van der Waals surface area contributed by atoms with E-state index in [9.17, 15) is 9.59 Å². The van der Waals surface area contributed by atoms with Gasteiger partial charge in [-0.05, 0) is 12.1 Å². The fraction of sp³-hybridized carbons (Fsp3) is 0.261. The molecule has 0 atom stereocenters. The Morgan fingerprint density at radius 2 is 1.74 bits per heavy atom. The van der Waals surface area contributed by atoms with Crippen LogP contribution in [0.15, 0.2) is 69.2 Å². The van der Waals surface area contributed by atoms with E-state index >= 15 is 0 Å². The van der Waals surface area contributed by atoms with Crippen LogP contribution in [0.5, 0.6) is 0 Å². The molecular weight excluding hydrogens is 412 g/mol. The van der Waals surface area contributed by atoms with Gasteiger partial charge in [-0.2, -0.15) is 0 Å². The van der Waals surface area contributed by atoms with Crippen LogP contribution < -0.4 is 5.76 Å². The number of fused-ring (bicyclic) bond motifs is 1. The van der Waals surface area contributed by atoms with Crippen molar-refractivity contribution in [3.8, 4) is 11.3 Å². The molecule has 4 aromatic rings. The zero-order valence-electron chi connectivity index (χ0n) is 16.9. The summed E-state index contributed by atoms with van der Waals surface area (Å²) in [5.41, 5.74) is 3.29. The van der Waals surface area contributed by atoms with Gasteiger partial charge in [0.25, 0.3) is 0 Å². The molecule has 0 unspecified atom stereocenters. The third kappa shape index (κ3) is 4.17. The molecule has 0 saturated carbocycles. The van der Waals surface area contributed by atoms with Crippen LogP contribution in [0.1, 0.15) is 5.01 Å². The van der Waals surface area contributed by atoms with Gasteiger partial charge in [-0.25, -0.2) is 9.78 Å². The first-order valence-electron chi connectivity index (χ1n) is 10.3. The molecule has 0 radical (unpaired) electrons. The van der Waals surface area contributed by atoms with Gasteiger partial charge < -0.3 is 9.32 Å². The minimum Gasteiger partial charge on any atom is -0.408 e. The van der Waals surface area contributed by atoms with E-state index in [0.29, 0.717) is 24.2 Å². The zero-order valence-corrected chi connectivity index (χ0v) is 17.8. The highest BCUT2D eigenvalue weighted by Gasteiger charge is 2.23. The van der Waals surface area contributed by atoms with Gasteiger partial charge in [0.1, 0.15) is 11.6 Å². The van der Waals surface area contributed by atoms with E-state index in [4.69, 9.17) is 9.40 Å². The molecule has 0 N–H and O–H groups in total. The van der Waals surface area contributed by atoms with Crippen LogP contribution in [0.3, 0.4) is 0 Å². The molecule has 8 heteroatoms. The molecule has 2 aromatic heterocycles. The summed E-state index contributed by atoms with van der Waals surface area (Å²) in [5.74, 6) is -0.555. The second-order valence-corrected chi connectivity index (χ2v) is 8.51. The Hall–Kier alpha value is -3.23. The van der Waals surface area contributed by atoms with E-state index < -0.39 is 5.76 Å². The lowest BCUT2D eigenvalue weighted by Crippen LogP contribution is -2.49. The maximum Gasteiger partial charge on any atom is 0.420 e. The Morgan fingerprint density at radius 3 is 2.55 bits per heavy atom. The van der Waals surface area contributed by atoms with Crippen LogP contribution in [0.2, 0.25) is 0 Å². The molecule has 5 rings (SSSR count). The third-order valence-electron chi connectivity index (χ3n) is 5.57. The Morgan fingerprint density at radius 1 is 1.00 bits per heavy atom. The molecule has 1 fully saturated rings. The number of nitrogens with zero attached hydrogens (tertiary/aromatic N) is 4. The number of hydrogen-bond acceptors (Lipinski definition) is 6. The van der Waals surface area contributed by atoms with Gasteiger partial charge in [-0.1, -0.05) is 42.5 Å². The number of carbonyl (C=O) groups excluding carboxylic acids is 1. The number of aromatic nitrogens is 2. The number of hydrogen-bond donors (Lipinski definition) is 0. The largest absolute Gasteiger partial charge is 0.420 e. The molecule has 0 bridgehead atoms. The Balaban J connectivity index is 1.18. The summed E-state index contributed by atoms with van der Waals surface area (Å²) < 4.78 is 6.63. The van der Waals surface area contributed by atoms with Crippen molar-refractivity contribution in [2.45, 2.75) is 13.1 Å². The highest BCUT2D eigenvalue weighted by Crippen LogP contribution is 2.22. The highest BCUT2D eigenvalue weighted by atomic mass is 32.1. The van der Waals surface area contributed by atoms with E-state index in [1.165, 1.54) is 4.57 Å². The van der Waals surface area contributed by atoms with Gasteiger partial charge in [0, 0.05) is 37.1 Å². The van der Waals surface area contributed by atoms with E-state index in [1.54, 1.807) is 23.5 Å². The summed E-state index contributed by atoms with van der Waals surface area (Å²) in [5, 5.41) is 3.17. The quantitative estimate of drug-likeness (QED) is 0.483. The first-order chi connectivity index (χ1) is 15.2. The minimum atomic E-state index is -0.494. The lowest BCUT2D eigenvalue weighted by Gasteiger charge is -2.34. The van der Waals surface area contributed by atoms with Gasteiger partial charge in [-0.15, -0.1) is 11.3 Å². The first kappa shape index (κ1) is 19.7. The van der Waals surface area contributed by atoms with Crippen molar-refractivity contribution in [3.05, 3.63) is 75.5 Å². The smallest absolute Gasteiger partial charge is 0.408 e. The van der Waals surface area contributed by atoms with Crippen molar-refractivity contribution in [1.29, 1.82) is 0 Å². The molecule has 2 aromatic carbocycles. The number of benzene rings is 2. The number of para-hydroxylation sites is 2. The fourth-order valence-electron chi connectivity index (χ4n) is 3.87. The van der Waals surface area contributed by atoms with Crippen LogP contribution in [-0.4, -0.2) is 51.4 Å². The van der Waals surface area contributed by atoms with Crippen molar-refractivity contribution in [2.24, 2.45) is 0 Å². The molecule has 7 nitrogen and oxygen atoms in total. The monoisotopic (exact) mass is 434 g/mol. The second-order valence-electron chi connectivity index (χ2n) is 7.57. The zero-order chi connectivity index (χ0) is 21.2. The van der Waals surface area contributed by atoms with Crippen LogP contribution in [0, 0.1) is 0 Å². The average molecular weight is 435 g/mol. The second kappa shape index (κ2) is 8.49. The molecular formula is C23H22N4O3S. The predicted octanol–water partition coefficient (Wildman–Crippen LogP) is 3.06. The number of piperazine rings is 1. The standard InChI is InChI=1S/C23H22N4O3S/c28-22(15-27-19-8-4-5-9-20(19)30-23(27)29)26-12-10-25(11-13-26)14-21-24-18(16-31-21)17-6-2-1-3-7-17/h1-9,16H,10-15H2. The predicted molar refractivity (Wildman–Crippen MR) is 120 cm³/mol. The minimum absolute atomic E-state index is 0.00274. The molecule has 0 spiro atoms. The Labute approximate surface area is 183 Å². The lowest BCUT2D eigenvalue weighted by molar-refractivity contribution is -0.133. The van der Waals surface area contributed by atoms with Crippen LogP contribution in [0.4, 0.5) is 0 Å². The number of amides is 1. The van der Waals surface area contributed by atoms with Gasteiger partial charge >= 0.3 is 5.76 Å². The fourth-order valence-corrected chi connectivity index (χ4v) is 4.72. The highest BCUT2D eigenvalue weighted by molar-refractivity contribution is 7.09. The number of rotatable bonds is 5. The molecule has 1 saturated heterocycles. The molecule has 1 aliphatic rings. The summed E-state index contributed by atoms with van der Waals surface area (Å²) in [6.45, 7) is 3.63. The van der Waals surface area contributed by atoms with Crippen LogP contribution in [-0.2, 0) is 17.9 Å². The summed E-state index contributed by atoms with van der Waals surface area (Å²) in [4.78, 5) is 33.8. The normalized spacial score (nSPS) is 14.9. The van der Waals surface area contributed by atoms with Crippen molar-refractivity contribution in [2.75, 3.05) is 26.2 Å². The Bertz CT molecular complexity index is 1250. The SMILES string of the molecule is O=C(Cn1c(=O)oc2ccccc21)N1CCN(Cc2nc(-c3ccccc3)cs2)CC1. The van der Waals surface area contributed by atoms with Crippen molar-refractivity contribution < 1.29 is 9.21 Å². The maximum absolute atomic E-state index is 12.8. The lowest BCUT2D eigenvalue weighted by atomic mass is 10.2. The number of thiazole rings is 1. The van der Waals surface area contributed by atoms with Gasteiger partial charge in [0.2, 0.25) is 5.91 Å². The van der Waals surface area contributed by atoms with E-state index in [-0.39, 0.29) is 12.5 Å². The molecule has 31 heavy (non-hydrogen) atoms. The van der Waals surface area contributed by atoms with Crippen molar-refractivity contribution in [1.82, 2.24) is 19.4 Å². The number of carbonyl (C=O) groups is 1. The van der Waals surface area contributed by atoms with Gasteiger partial charge in [0.05, 0.1) is 17.8 Å². The van der Waals surface area contributed by atoms with Crippen molar-refractivity contribution >= 4 is 28.3 Å². The summed E-state index contributed by atoms with van der Waals surface area (Å²) in [6.07, 6.45) is 0. The first-order valence-corrected chi connectivity index (χ1v) is 11.1. The average Bonchev–Trinajstić information content (AvgIpc) is 3.39. The van der Waals surface area contributed by atoms with Crippen molar-refractivity contribution in [3.63, 3.8) is 0 Å². The third-order valence-corrected chi connectivity index (χ3v) is 6.41. The summed E-state index contributed by atoms with van der Waals surface area (Å²) in [7, 11) is 0. The molecule has 1 amide bonds. The maximum atomic E-state index is 12.8. The van der Waals surface area contributed by atoms with E-state index in [1.807, 2.05) is 35.2 Å². The summed E-state index contributed by atoms with van der Waals surface area (Å²) >= 11 is 1.67. The Kier molecular flexibility index (Phi) is 5.40. The van der Waals surface area contributed by atoms with E-state index in [2.05, 4.69) is 22.4 Å². The van der Waals surface area contributed by atoms with Gasteiger partial charge in [-0.3, -0.25) is 14.3 Å². The van der Waals surface area contributed by atoms with E-state index in [0.717, 1.165) is 35.9 Å². The molecule has 1 aliphatic heterocycles.